The van der Waals surface area contributed by atoms with Crippen LogP contribution < -0.4 is 19.7 Å². The summed E-state index contributed by atoms with van der Waals surface area (Å²) in [6, 6.07) is 11.1. The smallest absolute Gasteiger partial charge is 0.387 e. The van der Waals surface area contributed by atoms with Gasteiger partial charge >= 0.3 is 6.61 Å². The molecule has 11 heteroatoms. The highest BCUT2D eigenvalue weighted by molar-refractivity contribution is 7.73. The van der Waals surface area contributed by atoms with Crippen LogP contribution in [-0.4, -0.2) is 30.5 Å². The summed E-state index contributed by atoms with van der Waals surface area (Å²) in [5, 5.41) is 7.84. The zero-order valence-corrected chi connectivity index (χ0v) is 17.8. The van der Waals surface area contributed by atoms with Gasteiger partial charge in [-0.05, 0) is 42.5 Å². The number of rotatable bonds is 9. The Morgan fingerprint density at radius 1 is 1.23 bits per heavy atom. The fraction of sp³-hybridized carbons (Fsp3) is 0.263. The number of para-hydroxylation sites is 1. The van der Waals surface area contributed by atoms with Gasteiger partial charge in [0.1, 0.15) is 12.4 Å². The SMILES string of the molecule is COc1cc(C[NH+](C)Cn2nc(Nc3ccccc3F)sc2=S)ccc1OC(F)F. The van der Waals surface area contributed by atoms with E-state index >= 15 is 0 Å². The Kier molecular flexibility index (Phi) is 7.29. The molecule has 1 atom stereocenters. The first-order valence-electron chi connectivity index (χ1n) is 8.88. The number of alkyl halides is 2. The van der Waals surface area contributed by atoms with Gasteiger partial charge in [0.2, 0.25) is 5.13 Å². The van der Waals surface area contributed by atoms with Gasteiger partial charge < -0.3 is 19.7 Å². The van der Waals surface area contributed by atoms with E-state index < -0.39 is 6.61 Å². The number of anilines is 2. The maximum atomic E-state index is 13.8. The molecule has 3 aromatic rings. The van der Waals surface area contributed by atoms with Crippen LogP contribution in [0.15, 0.2) is 42.5 Å². The molecule has 0 saturated heterocycles. The standard InChI is InChI=1S/C19H19F3N4O2S2/c1-25(10-12-7-8-15(28-17(21)22)16(9-12)27-2)11-26-19(29)30-18(24-26)23-14-6-4-3-5-13(14)20/h3-9,17H,10-11H2,1-2H3,(H,23,24)/p+1. The Hall–Kier alpha value is -2.63. The summed E-state index contributed by atoms with van der Waals surface area (Å²) in [7, 11) is 3.34. The molecule has 1 unspecified atom stereocenters. The fourth-order valence-electron chi connectivity index (χ4n) is 2.81. The predicted octanol–water partition coefficient (Wildman–Crippen LogP) is 3.84. The van der Waals surface area contributed by atoms with E-state index in [9.17, 15) is 13.2 Å². The fourth-order valence-corrected chi connectivity index (χ4v) is 3.83. The molecule has 0 spiro atoms. The summed E-state index contributed by atoms with van der Waals surface area (Å²) in [6.07, 6.45) is 0. The first-order chi connectivity index (χ1) is 14.4. The van der Waals surface area contributed by atoms with E-state index in [1.807, 2.05) is 7.05 Å². The topological polar surface area (TPSA) is 52.8 Å². The summed E-state index contributed by atoms with van der Waals surface area (Å²) < 4.78 is 50.5. The number of ether oxygens (including phenoxy) is 2. The van der Waals surface area contributed by atoms with Crippen molar-refractivity contribution in [2.45, 2.75) is 19.8 Å². The molecule has 0 radical (unpaired) electrons. The third kappa shape index (κ3) is 5.71. The van der Waals surface area contributed by atoms with Crippen molar-refractivity contribution in [3.63, 3.8) is 0 Å². The highest BCUT2D eigenvalue weighted by Crippen LogP contribution is 2.29. The highest BCUT2D eigenvalue weighted by atomic mass is 32.1. The minimum absolute atomic E-state index is 0.0144. The van der Waals surface area contributed by atoms with Gasteiger partial charge in [-0.1, -0.05) is 23.5 Å². The summed E-state index contributed by atoms with van der Waals surface area (Å²) >= 11 is 6.61. The van der Waals surface area contributed by atoms with Crippen LogP contribution in [0.5, 0.6) is 11.5 Å². The normalized spacial score (nSPS) is 12.1. The molecule has 2 N–H and O–H groups in total. The Balaban J connectivity index is 1.66. The number of nitrogens with one attached hydrogen (secondary N) is 2. The van der Waals surface area contributed by atoms with Gasteiger partial charge in [0.25, 0.3) is 0 Å². The third-order valence-electron chi connectivity index (χ3n) is 4.09. The number of methoxy groups -OCH3 is 1. The van der Waals surface area contributed by atoms with Crippen molar-refractivity contribution >= 4 is 34.4 Å². The zero-order chi connectivity index (χ0) is 21.7. The second-order valence-corrected chi connectivity index (χ2v) is 8.06. The summed E-state index contributed by atoms with van der Waals surface area (Å²) in [4.78, 5) is 1.04. The largest absolute Gasteiger partial charge is 0.493 e. The van der Waals surface area contributed by atoms with Crippen molar-refractivity contribution in [3.05, 3.63) is 57.8 Å². The first kappa shape index (κ1) is 22.1. The number of quaternary nitrogens is 1. The molecular formula is C19H20F3N4O2S2+. The van der Waals surface area contributed by atoms with E-state index in [0.717, 1.165) is 10.5 Å². The van der Waals surface area contributed by atoms with Crippen LogP contribution in [0, 0.1) is 9.77 Å². The minimum Gasteiger partial charge on any atom is -0.493 e. The van der Waals surface area contributed by atoms with Crippen LogP contribution in [0.2, 0.25) is 0 Å². The molecule has 1 aromatic heterocycles. The molecule has 6 nitrogen and oxygen atoms in total. The Bertz CT molecular complexity index is 1060. The van der Waals surface area contributed by atoms with Crippen LogP contribution in [0.25, 0.3) is 0 Å². The van der Waals surface area contributed by atoms with Crippen molar-refractivity contribution in [2.75, 3.05) is 19.5 Å². The Morgan fingerprint density at radius 3 is 2.70 bits per heavy atom. The number of halogens is 3. The number of aromatic nitrogens is 2. The summed E-state index contributed by atoms with van der Waals surface area (Å²) in [5.41, 5.74) is 1.20. The molecule has 0 aliphatic heterocycles. The van der Waals surface area contributed by atoms with E-state index in [-0.39, 0.29) is 17.3 Å². The van der Waals surface area contributed by atoms with Gasteiger partial charge in [-0.15, -0.1) is 5.10 Å². The molecule has 0 saturated carbocycles. The maximum Gasteiger partial charge on any atom is 0.387 e. The molecule has 1 heterocycles. The van der Waals surface area contributed by atoms with Crippen LogP contribution in [0.4, 0.5) is 24.0 Å². The van der Waals surface area contributed by atoms with Crippen molar-refractivity contribution in [1.29, 1.82) is 0 Å². The maximum absolute atomic E-state index is 13.8. The van der Waals surface area contributed by atoms with Crippen LogP contribution >= 0.6 is 23.6 Å². The van der Waals surface area contributed by atoms with E-state index in [1.54, 1.807) is 35.0 Å². The lowest BCUT2D eigenvalue weighted by molar-refractivity contribution is -0.917. The Labute approximate surface area is 180 Å². The van der Waals surface area contributed by atoms with Gasteiger partial charge in [0.15, 0.2) is 22.1 Å². The Morgan fingerprint density at radius 2 is 2.00 bits per heavy atom. The molecule has 0 amide bonds. The molecule has 0 fully saturated rings. The second kappa shape index (κ2) is 9.92. The molecule has 3 rings (SSSR count). The van der Waals surface area contributed by atoms with E-state index in [1.165, 1.54) is 30.6 Å². The number of hydrogen-bond donors (Lipinski definition) is 2. The van der Waals surface area contributed by atoms with Gasteiger partial charge in [0.05, 0.1) is 19.8 Å². The minimum atomic E-state index is -2.92. The van der Waals surface area contributed by atoms with Gasteiger partial charge in [0, 0.05) is 5.56 Å². The number of hydrogen-bond acceptors (Lipinski definition) is 6. The van der Waals surface area contributed by atoms with Crippen LogP contribution in [0.3, 0.4) is 0 Å². The lowest BCUT2D eigenvalue weighted by Crippen LogP contribution is -3.07. The molecular weight excluding hydrogens is 437 g/mol. The molecule has 2 aromatic carbocycles. The monoisotopic (exact) mass is 457 g/mol. The van der Waals surface area contributed by atoms with Crippen LogP contribution in [0.1, 0.15) is 5.56 Å². The predicted molar refractivity (Wildman–Crippen MR) is 111 cm³/mol. The van der Waals surface area contributed by atoms with Gasteiger partial charge in [-0.2, -0.15) is 13.5 Å². The molecule has 0 aliphatic carbocycles. The van der Waals surface area contributed by atoms with E-state index in [0.29, 0.717) is 28.0 Å². The van der Waals surface area contributed by atoms with Gasteiger partial charge in [-0.3, -0.25) is 0 Å². The highest BCUT2D eigenvalue weighted by Gasteiger charge is 2.14. The molecule has 0 bridgehead atoms. The quantitative estimate of drug-likeness (QED) is 0.479. The summed E-state index contributed by atoms with van der Waals surface area (Å²) in [6.45, 7) is -1.89. The van der Waals surface area contributed by atoms with Gasteiger partial charge in [-0.25, -0.2) is 4.39 Å². The lowest BCUT2D eigenvalue weighted by atomic mass is 10.2. The number of nitrogens with zero attached hydrogens (tertiary/aromatic N) is 2. The number of benzene rings is 2. The summed E-state index contributed by atoms with van der Waals surface area (Å²) in [5.74, 6) is -0.150. The van der Waals surface area contributed by atoms with E-state index in [2.05, 4.69) is 15.2 Å². The average Bonchev–Trinajstić information content (AvgIpc) is 3.03. The van der Waals surface area contributed by atoms with Crippen molar-refractivity contribution in [1.82, 2.24) is 9.78 Å². The molecule has 160 valence electrons. The van der Waals surface area contributed by atoms with Crippen molar-refractivity contribution < 1.29 is 27.5 Å². The van der Waals surface area contributed by atoms with Crippen molar-refractivity contribution in [2.24, 2.45) is 0 Å². The average molecular weight is 458 g/mol. The second-order valence-electron chi connectivity index (χ2n) is 6.43. The lowest BCUT2D eigenvalue weighted by Gasteiger charge is -2.15. The van der Waals surface area contributed by atoms with Crippen LogP contribution in [-0.2, 0) is 13.2 Å². The zero-order valence-electron chi connectivity index (χ0n) is 16.2. The molecule has 0 aliphatic rings. The van der Waals surface area contributed by atoms with E-state index in [4.69, 9.17) is 17.0 Å². The van der Waals surface area contributed by atoms with Crippen molar-refractivity contribution in [3.8, 4) is 11.5 Å². The third-order valence-corrected chi connectivity index (χ3v) is 5.31. The first-order valence-corrected chi connectivity index (χ1v) is 10.1. The molecule has 30 heavy (non-hydrogen) atoms.